The average molecular weight is 403 g/mol. The number of anilines is 1. The third-order valence-corrected chi connectivity index (χ3v) is 5.34. The van der Waals surface area contributed by atoms with Crippen molar-refractivity contribution in [2.75, 3.05) is 4.90 Å². The Morgan fingerprint density at radius 1 is 0.966 bits per heavy atom. The summed E-state index contributed by atoms with van der Waals surface area (Å²) in [7, 11) is 0. The van der Waals surface area contributed by atoms with Crippen LogP contribution in [0.3, 0.4) is 0 Å². The van der Waals surface area contributed by atoms with Crippen LogP contribution in [0.4, 0.5) is 5.82 Å². The quantitative estimate of drug-likeness (QED) is 0.478. The Morgan fingerprint density at radius 3 is 2.48 bits per heavy atom. The molecular formula is C23H15ClN2O3. The van der Waals surface area contributed by atoms with Crippen LogP contribution < -0.4 is 10.3 Å². The van der Waals surface area contributed by atoms with E-state index in [0.29, 0.717) is 27.4 Å². The predicted octanol–water partition coefficient (Wildman–Crippen LogP) is 4.90. The van der Waals surface area contributed by atoms with E-state index >= 15 is 0 Å². The number of fused-ring (bicyclic) bond motifs is 2. The minimum absolute atomic E-state index is 0.0527. The third-order valence-electron chi connectivity index (χ3n) is 5.08. The summed E-state index contributed by atoms with van der Waals surface area (Å²) < 4.78 is 5.91. The van der Waals surface area contributed by atoms with Crippen molar-refractivity contribution >= 4 is 34.3 Å². The Labute approximate surface area is 171 Å². The number of nitrogens with zero attached hydrogens (tertiary/aromatic N) is 2. The summed E-state index contributed by atoms with van der Waals surface area (Å²) in [6.07, 6.45) is 0. The number of rotatable bonds is 2. The molecule has 5 rings (SSSR count). The highest BCUT2D eigenvalue weighted by Crippen LogP contribution is 2.40. The summed E-state index contributed by atoms with van der Waals surface area (Å²) in [5.74, 6) is 0.127. The van der Waals surface area contributed by atoms with Crippen LogP contribution in [-0.4, -0.2) is 10.9 Å². The topological polar surface area (TPSA) is 63.4 Å². The van der Waals surface area contributed by atoms with Crippen molar-refractivity contribution < 1.29 is 9.21 Å². The minimum atomic E-state index is -0.648. The van der Waals surface area contributed by atoms with E-state index in [1.54, 1.807) is 42.5 Å². The highest BCUT2D eigenvalue weighted by molar-refractivity contribution is 6.30. The maximum Gasteiger partial charge on any atom is 0.296 e. The molecule has 1 amide bonds. The first-order valence-electron chi connectivity index (χ1n) is 9.13. The summed E-state index contributed by atoms with van der Waals surface area (Å²) in [5, 5.41) is 1.01. The fourth-order valence-electron chi connectivity index (χ4n) is 3.78. The van der Waals surface area contributed by atoms with Crippen LogP contribution in [0.5, 0.6) is 0 Å². The van der Waals surface area contributed by atoms with Gasteiger partial charge in [-0.2, -0.15) is 0 Å². The summed E-state index contributed by atoms with van der Waals surface area (Å²) in [4.78, 5) is 32.8. The Bertz CT molecular complexity index is 1330. The Hall–Kier alpha value is -3.44. The van der Waals surface area contributed by atoms with Crippen LogP contribution in [0.25, 0.3) is 11.0 Å². The maximum atomic E-state index is 13.4. The van der Waals surface area contributed by atoms with Crippen molar-refractivity contribution in [2.45, 2.75) is 13.0 Å². The van der Waals surface area contributed by atoms with Gasteiger partial charge in [0.2, 0.25) is 5.76 Å². The number of carbonyl (C=O) groups is 1. The van der Waals surface area contributed by atoms with Crippen LogP contribution in [-0.2, 0) is 0 Å². The molecule has 29 heavy (non-hydrogen) atoms. The van der Waals surface area contributed by atoms with E-state index in [9.17, 15) is 9.59 Å². The van der Waals surface area contributed by atoms with Crippen LogP contribution >= 0.6 is 11.6 Å². The molecule has 1 aliphatic rings. The van der Waals surface area contributed by atoms with E-state index in [0.717, 1.165) is 11.3 Å². The molecule has 0 fully saturated rings. The van der Waals surface area contributed by atoms with Crippen LogP contribution in [0.1, 0.15) is 33.4 Å². The summed E-state index contributed by atoms with van der Waals surface area (Å²) in [5.41, 5.74) is 2.01. The van der Waals surface area contributed by atoms with Crippen molar-refractivity contribution in [3.63, 3.8) is 0 Å². The fraction of sp³-hybridized carbons (Fsp3) is 0.0870. The summed E-state index contributed by atoms with van der Waals surface area (Å²) in [6, 6.07) is 18.8. The van der Waals surface area contributed by atoms with E-state index in [4.69, 9.17) is 16.0 Å². The van der Waals surface area contributed by atoms with Gasteiger partial charge in [0.1, 0.15) is 11.4 Å². The first-order valence-corrected chi connectivity index (χ1v) is 9.51. The largest absolute Gasteiger partial charge is 0.450 e. The average Bonchev–Trinajstić information content (AvgIpc) is 3.02. The van der Waals surface area contributed by atoms with Crippen molar-refractivity contribution in [1.29, 1.82) is 0 Å². The van der Waals surface area contributed by atoms with Gasteiger partial charge in [0.05, 0.1) is 17.0 Å². The van der Waals surface area contributed by atoms with Gasteiger partial charge in [-0.25, -0.2) is 4.98 Å². The maximum absolute atomic E-state index is 13.4. The molecular weight excluding hydrogens is 388 g/mol. The molecule has 3 heterocycles. The van der Waals surface area contributed by atoms with Crippen molar-refractivity contribution in [1.82, 2.24) is 4.98 Å². The van der Waals surface area contributed by atoms with Crippen molar-refractivity contribution in [2.24, 2.45) is 0 Å². The number of hydrogen-bond donors (Lipinski definition) is 0. The SMILES string of the molecule is Cc1cccc(N2C(=O)c3oc4ccccc4c(=O)c3[C@@H]2c2ccc(Cl)cc2)n1. The number of benzene rings is 2. The number of halogens is 1. The van der Waals surface area contributed by atoms with Gasteiger partial charge in [0, 0.05) is 10.7 Å². The lowest BCUT2D eigenvalue weighted by molar-refractivity contribution is 0.0970. The van der Waals surface area contributed by atoms with Gasteiger partial charge in [-0.3, -0.25) is 14.5 Å². The molecule has 0 saturated heterocycles. The van der Waals surface area contributed by atoms with Gasteiger partial charge >= 0.3 is 0 Å². The van der Waals surface area contributed by atoms with Gasteiger partial charge in [0.25, 0.3) is 5.91 Å². The van der Waals surface area contributed by atoms with Gasteiger partial charge in [-0.15, -0.1) is 0 Å². The lowest BCUT2D eigenvalue weighted by Crippen LogP contribution is -2.30. The van der Waals surface area contributed by atoms with Crippen LogP contribution in [0, 0.1) is 6.92 Å². The molecule has 4 aromatic rings. The molecule has 1 atom stereocenters. The molecule has 6 heteroatoms. The zero-order valence-electron chi connectivity index (χ0n) is 15.4. The molecule has 142 valence electrons. The van der Waals surface area contributed by atoms with E-state index < -0.39 is 6.04 Å². The summed E-state index contributed by atoms with van der Waals surface area (Å²) >= 11 is 6.06. The van der Waals surface area contributed by atoms with Crippen molar-refractivity contribution in [3.05, 3.63) is 105 Å². The van der Waals surface area contributed by atoms with E-state index in [1.807, 2.05) is 31.2 Å². The van der Waals surface area contributed by atoms with Gasteiger partial charge in [-0.05, 0) is 48.9 Å². The second-order valence-electron chi connectivity index (χ2n) is 6.94. The second kappa shape index (κ2) is 6.57. The van der Waals surface area contributed by atoms with E-state index in [1.165, 1.54) is 4.90 Å². The zero-order valence-corrected chi connectivity index (χ0v) is 16.2. The first kappa shape index (κ1) is 17.6. The van der Waals surface area contributed by atoms with E-state index in [2.05, 4.69) is 4.98 Å². The second-order valence-corrected chi connectivity index (χ2v) is 7.37. The first-order chi connectivity index (χ1) is 14.0. The molecule has 0 N–H and O–H groups in total. The highest BCUT2D eigenvalue weighted by atomic mass is 35.5. The Balaban J connectivity index is 1.82. The molecule has 0 bridgehead atoms. The number of hydrogen-bond acceptors (Lipinski definition) is 4. The number of carbonyl (C=O) groups excluding carboxylic acids is 1. The molecule has 5 nitrogen and oxygen atoms in total. The Morgan fingerprint density at radius 2 is 1.72 bits per heavy atom. The molecule has 0 saturated carbocycles. The molecule has 0 aliphatic carbocycles. The molecule has 0 spiro atoms. The molecule has 2 aromatic heterocycles. The smallest absolute Gasteiger partial charge is 0.296 e. The Kier molecular flexibility index (Phi) is 4.00. The fourth-order valence-corrected chi connectivity index (χ4v) is 3.91. The molecule has 0 unspecified atom stereocenters. The highest BCUT2D eigenvalue weighted by Gasteiger charge is 2.44. The van der Waals surface area contributed by atoms with Gasteiger partial charge < -0.3 is 4.42 Å². The zero-order chi connectivity index (χ0) is 20.1. The van der Waals surface area contributed by atoms with Gasteiger partial charge in [-0.1, -0.05) is 41.9 Å². The van der Waals surface area contributed by atoms with Crippen LogP contribution in [0.15, 0.2) is 75.9 Å². The lowest BCUT2D eigenvalue weighted by atomic mass is 9.98. The summed E-state index contributed by atoms with van der Waals surface area (Å²) in [6.45, 7) is 1.85. The minimum Gasteiger partial charge on any atom is -0.450 e. The van der Waals surface area contributed by atoms with Crippen LogP contribution in [0.2, 0.25) is 5.02 Å². The normalized spacial score (nSPS) is 15.7. The standard InChI is InChI=1S/C23H15ClN2O3/c1-13-5-4-8-18(25-13)26-20(14-9-11-15(24)12-10-14)19-21(27)16-6-2-3-7-17(16)29-22(19)23(26)28/h2-12,20H,1H3/t20-/m0/s1. The number of aromatic nitrogens is 1. The monoisotopic (exact) mass is 402 g/mol. The number of pyridine rings is 1. The van der Waals surface area contributed by atoms with Crippen molar-refractivity contribution in [3.8, 4) is 0 Å². The van der Waals surface area contributed by atoms with Gasteiger partial charge in [0.15, 0.2) is 5.43 Å². The molecule has 2 aromatic carbocycles. The third kappa shape index (κ3) is 2.74. The number of para-hydroxylation sites is 1. The number of aryl methyl sites for hydroxylation is 1. The molecule has 1 aliphatic heterocycles. The van der Waals surface area contributed by atoms with E-state index in [-0.39, 0.29) is 17.1 Å². The predicted molar refractivity (Wildman–Crippen MR) is 112 cm³/mol. The lowest BCUT2D eigenvalue weighted by Gasteiger charge is -2.24. The molecule has 0 radical (unpaired) electrons. The number of amides is 1.